The van der Waals surface area contributed by atoms with Crippen molar-refractivity contribution in [1.82, 2.24) is 4.90 Å². The van der Waals surface area contributed by atoms with E-state index in [1.165, 1.54) is 29.8 Å². The zero-order valence-corrected chi connectivity index (χ0v) is 12.1. The molecule has 18 heavy (non-hydrogen) atoms. The highest BCUT2D eigenvalue weighted by Gasteiger charge is 2.25. The fourth-order valence-electron chi connectivity index (χ4n) is 2.82. The van der Waals surface area contributed by atoms with Gasteiger partial charge in [0.1, 0.15) is 0 Å². The third-order valence-electron chi connectivity index (χ3n) is 3.68. The molecule has 1 aliphatic heterocycles. The summed E-state index contributed by atoms with van der Waals surface area (Å²) in [6.07, 6.45) is 5.34. The van der Waals surface area contributed by atoms with E-state index < -0.39 is 0 Å². The summed E-state index contributed by atoms with van der Waals surface area (Å²) in [5.41, 5.74) is 1.42. The molecule has 2 rings (SSSR count). The van der Waals surface area contributed by atoms with Gasteiger partial charge in [0, 0.05) is 17.5 Å². The van der Waals surface area contributed by atoms with E-state index in [9.17, 15) is 5.11 Å². The molecule has 0 saturated carbocycles. The maximum Gasteiger partial charge on any atom is 0.0527 e. The lowest BCUT2D eigenvalue weighted by Crippen LogP contribution is -2.31. The third kappa shape index (κ3) is 3.50. The predicted octanol–water partition coefficient (Wildman–Crippen LogP) is 3.14. The average Bonchev–Trinajstić information content (AvgIpc) is 2.76. The monoisotopic (exact) mass is 265 g/mol. The lowest BCUT2D eigenvalue weighted by molar-refractivity contribution is 0.130. The molecule has 100 valence electrons. The third-order valence-corrected chi connectivity index (χ3v) is 4.52. The Labute approximate surface area is 114 Å². The molecule has 0 spiro atoms. The fourth-order valence-corrected chi connectivity index (χ4v) is 3.43. The van der Waals surface area contributed by atoms with Crippen molar-refractivity contribution in [3.8, 4) is 0 Å². The van der Waals surface area contributed by atoms with E-state index in [4.69, 9.17) is 0 Å². The van der Waals surface area contributed by atoms with Crippen LogP contribution in [0.15, 0.2) is 29.2 Å². The van der Waals surface area contributed by atoms with Crippen LogP contribution >= 0.6 is 11.8 Å². The smallest absolute Gasteiger partial charge is 0.0527 e. The molecule has 1 saturated heterocycles. The number of aliphatic hydroxyl groups excluding tert-OH is 1. The standard InChI is InChI=1S/C15H23NOS/c1-12(17)10-14-7-5-9-16(14)11-13-6-3-4-8-15(13)18-2/h3-4,6,8,12,14,17H,5,7,9-11H2,1-2H3. The zero-order valence-electron chi connectivity index (χ0n) is 11.3. The highest BCUT2D eigenvalue weighted by atomic mass is 32.2. The molecule has 0 bridgehead atoms. The maximum atomic E-state index is 9.57. The van der Waals surface area contributed by atoms with Crippen LogP contribution in [0.25, 0.3) is 0 Å². The van der Waals surface area contributed by atoms with Gasteiger partial charge in [-0.3, -0.25) is 4.90 Å². The van der Waals surface area contributed by atoms with Crippen LogP contribution in [0, 0.1) is 0 Å². The van der Waals surface area contributed by atoms with Gasteiger partial charge in [-0.15, -0.1) is 11.8 Å². The quantitative estimate of drug-likeness (QED) is 0.827. The van der Waals surface area contributed by atoms with Crippen LogP contribution in [0.1, 0.15) is 31.7 Å². The molecule has 0 radical (unpaired) electrons. The van der Waals surface area contributed by atoms with Crippen molar-refractivity contribution < 1.29 is 5.11 Å². The lowest BCUT2D eigenvalue weighted by Gasteiger charge is -2.26. The Bertz CT molecular complexity index is 381. The number of likely N-dealkylation sites (tertiary alicyclic amines) is 1. The summed E-state index contributed by atoms with van der Waals surface area (Å²) in [5, 5.41) is 9.57. The SMILES string of the molecule is CSc1ccccc1CN1CCCC1CC(C)O. The van der Waals surface area contributed by atoms with Crippen LogP contribution in [0.4, 0.5) is 0 Å². The highest BCUT2D eigenvalue weighted by Crippen LogP contribution is 2.27. The molecule has 1 aliphatic rings. The molecule has 1 fully saturated rings. The number of hydrogen-bond donors (Lipinski definition) is 1. The second-order valence-corrected chi connectivity index (χ2v) is 6.01. The summed E-state index contributed by atoms with van der Waals surface area (Å²) in [5.74, 6) is 0. The largest absolute Gasteiger partial charge is 0.393 e. The van der Waals surface area contributed by atoms with Crippen LogP contribution in [0.5, 0.6) is 0 Å². The van der Waals surface area contributed by atoms with E-state index in [1.807, 2.05) is 18.7 Å². The number of benzene rings is 1. The summed E-state index contributed by atoms with van der Waals surface area (Å²) >= 11 is 1.82. The minimum absolute atomic E-state index is 0.189. The van der Waals surface area contributed by atoms with E-state index in [0.29, 0.717) is 6.04 Å². The van der Waals surface area contributed by atoms with E-state index >= 15 is 0 Å². The van der Waals surface area contributed by atoms with Crippen LogP contribution in [-0.4, -0.2) is 35.0 Å². The topological polar surface area (TPSA) is 23.5 Å². The van der Waals surface area contributed by atoms with Crippen molar-refractivity contribution in [2.45, 2.75) is 49.8 Å². The first-order chi connectivity index (χ1) is 8.70. The second kappa shape index (κ2) is 6.60. The molecule has 3 heteroatoms. The Morgan fingerprint density at radius 2 is 2.22 bits per heavy atom. The van der Waals surface area contributed by atoms with E-state index in [-0.39, 0.29) is 6.10 Å². The van der Waals surface area contributed by atoms with E-state index in [1.54, 1.807) is 0 Å². The van der Waals surface area contributed by atoms with Gasteiger partial charge < -0.3 is 5.11 Å². The Kier molecular flexibility index (Phi) is 5.10. The molecule has 0 aromatic heterocycles. The molecular formula is C15H23NOS. The first-order valence-corrected chi connectivity index (χ1v) is 7.97. The van der Waals surface area contributed by atoms with E-state index in [2.05, 4.69) is 35.4 Å². The van der Waals surface area contributed by atoms with Gasteiger partial charge in [-0.25, -0.2) is 0 Å². The first kappa shape index (κ1) is 13.9. The second-order valence-electron chi connectivity index (χ2n) is 5.16. The van der Waals surface area contributed by atoms with Gasteiger partial charge in [0.15, 0.2) is 0 Å². The van der Waals surface area contributed by atoms with Crippen molar-refractivity contribution in [3.05, 3.63) is 29.8 Å². The van der Waals surface area contributed by atoms with Crippen LogP contribution < -0.4 is 0 Å². The van der Waals surface area contributed by atoms with Gasteiger partial charge in [0.05, 0.1) is 6.10 Å². The summed E-state index contributed by atoms with van der Waals surface area (Å²) in [6, 6.07) is 9.20. The summed E-state index contributed by atoms with van der Waals surface area (Å²) < 4.78 is 0. The number of thioether (sulfide) groups is 1. The van der Waals surface area contributed by atoms with Gasteiger partial charge in [-0.05, 0) is 50.6 Å². The van der Waals surface area contributed by atoms with Crippen molar-refractivity contribution in [3.63, 3.8) is 0 Å². The van der Waals surface area contributed by atoms with Gasteiger partial charge in [0.25, 0.3) is 0 Å². The Balaban J connectivity index is 2.03. The molecule has 1 heterocycles. The highest BCUT2D eigenvalue weighted by molar-refractivity contribution is 7.98. The maximum absolute atomic E-state index is 9.57. The van der Waals surface area contributed by atoms with Crippen LogP contribution in [-0.2, 0) is 6.54 Å². The molecule has 2 atom stereocenters. The van der Waals surface area contributed by atoms with Crippen molar-refractivity contribution in [2.24, 2.45) is 0 Å². The average molecular weight is 265 g/mol. The Morgan fingerprint density at radius 1 is 1.44 bits per heavy atom. The van der Waals surface area contributed by atoms with Gasteiger partial charge in [0.2, 0.25) is 0 Å². The normalized spacial score (nSPS) is 22.3. The van der Waals surface area contributed by atoms with Crippen LogP contribution in [0.3, 0.4) is 0 Å². The predicted molar refractivity (Wildman–Crippen MR) is 78.0 cm³/mol. The number of rotatable bonds is 5. The summed E-state index contributed by atoms with van der Waals surface area (Å²) in [7, 11) is 0. The Hall–Kier alpha value is -0.510. The van der Waals surface area contributed by atoms with Crippen molar-refractivity contribution >= 4 is 11.8 Å². The van der Waals surface area contributed by atoms with Gasteiger partial charge in [-0.1, -0.05) is 18.2 Å². The molecule has 0 amide bonds. The first-order valence-electron chi connectivity index (χ1n) is 6.74. The lowest BCUT2D eigenvalue weighted by atomic mass is 10.1. The summed E-state index contributed by atoms with van der Waals surface area (Å²) in [6.45, 7) is 4.08. The van der Waals surface area contributed by atoms with Crippen molar-refractivity contribution in [2.75, 3.05) is 12.8 Å². The fraction of sp³-hybridized carbons (Fsp3) is 0.600. The van der Waals surface area contributed by atoms with Crippen molar-refractivity contribution in [1.29, 1.82) is 0 Å². The number of hydrogen-bond acceptors (Lipinski definition) is 3. The molecule has 1 aromatic rings. The molecule has 2 nitrogen and oxygen atoms in total. The molecule has 0 aliphatic carbocycles. The molecular weight excluding hydrogens is 242 g/mol. The molecule has 2 unspecified atom stereocenters. The number of nitrogens with zero attached hydrogens (tertiary/aromatic N) is 1. The molecule has 1 N–H and O–H groups in total. The van der Waals surface area contributed by atoms with Gasteiger partial charge in [-0.2, -0.15) is 0 Å². The zero-order chi connectivity index (χ0) is 13.0. The number of aliphatic hydroxyl groups is 1. The summed E-state index contributed by atoms with van der Waals surface area (Å²) in [4.78, 5) is 3.90. The van der Waals surface area contributed by atoms with Gasteiger partial charge >= 0.3 is 0 Å². The molecule has 1 aromatic carbocycles. The minimum Gasteiger partial charge on any atom is -0.393 e. The minimum atomic E-state index is -0.189. The van der Waals surface area contributed by atoms with E-state index in [0.717, 1.165) is 13.0 Å². The van der Waals surface area contributed by atoms with Crippen LogP contribution in [0.2, 0.25) is 0 Å². The Morgan fingerprint density at radius 3 is 2.94 bits per heavy atom.